The van der Waals surface area contributed by atoms with Crippen LogP contribution in [0.2, 0.25) is 0 Å². The Kier molecular flexibility index (Phi) is 4.02. The number of hydrogen-bond acceptors (Lipinski definition) is 2. The van der Waals surface area contributed by atoms with Crippen molar-refractivity contribution in [2.24, 2.45) is 17.6 Å². The Bertz CT molecular complexity index is 442. The van der Waals surface area contributed by atoms with E-state index in [0.29, 0.717) is 12.5 Å². The molecule has 1 aliphatic carbocycles. The van der Waals surface area contributed by atoms with Crippen molar-refractivity contribution >= 4 is 11.6 Å². The number of hydrogen-bond donors (Lipinski definition) is 2. The van der Waals surface area contributed by atoms with E-state index in [1.54, 1.807) is 0 Å². The maximum absolute atomic E-state index is 12.2. The van der Waals surface area contributed by atoms with Crippen molar-refractivity contribution in [2.75, 3.05) is 5.32 Å². The minimum Gasteiger partial charge on any atom is -0.326 e. The molecule has 3 N–H and O–H groups in total. The summed E-state index contributed by atoms with van der Waals surface area (Å²) >= 11 is 0. The third-order valence-electron chi connectivity index (χ3n) is 3.99. The number of nitrogens with two attached hydrogens (primary N) is 1. The first kappa shape index (κ1) is 13.1. The number of rotatable bonds is 3. The van der Waals surface area contributed by atoms with Crippen LogP contribution in [0.5, 0.6) is 0 Å². The Morgan fingerprint density at radius 1 is 1.44 bits per heavy atom. The number of aryl methyl sites for hydroxylation is 1. The molecule has 0 radical (unpaired) electrons. The molecule has 98 valence electrons. The zero-order valence-corrected chi connectivity index (χ0v) is 11.2. The minimum absolute atomic E-state index is 0.164. The van der Waals surface area contributed by atoms with Crippen LogP contribution in [0.4, 0.5) is 5.69 Å². The molecule has 1 aromatic rings. The summed E-state index contributed by atoms with van der Waals surface area (Å²) in [7, 11) is 0. The first-order valence-corrected chi connectivity index (χ1v) is 6.72. The molecule has 0 saturated heterocycles. The molecule has 2 atom stereocenters. The molecule has 3 heteroatoms. The van der Waals surface area contributed by atoms with Crippen LogP contribution < -0.4 is 11.1 Å². The zero-order valence-electron chi connectivity index (χ0n) is 11.2. The largest absolute Gasteiger partial charge is 0.326 e. The van der Waals surface area contributed by atoms with Crippen LogP contribution in [-0.2, 0) is 11.3 Å². The minimum atomic E-state index is 0.164. The molecule has 1 aliphatic rings. The Balaban J connectivity index is 2.11. The van der Waals surface area contributed by atoms with E-state index in [1.165, 1.54) is 12.8 Å². The van der Waals surface area contributed by atoms with Gasteiger partial charge in [-0.05, 0) is 42.9 Å². The number of anilines is 1. The molecular weight excluding hydrogens is 224 g/mol. The maximum Gasteiger partial charge on any atom is 0.227 e. The summed E-state index contributed by atoms with van der Waals surface area (Å²) in [6, 6.07) is 5.99. The fourth-order valence-electron chi connectivity index (χ4n) is 2.69. The number of carbonyl (C=O) groups is 1. The van der Waals surface area contributed by atoms with Gasteiger partial charge in [-0.3, -0.25) is 4.79 Å². The van der Waals surface area contributed by atoms with E-state index < -0.39 is 0 Å². The molecule has 0 heterocycles. The maximum atomic E-state index is 12.2. The lowest BCUT2D eigenvalue weighted by Gasteiger charge is -2.16. The van der Waals surface area contributed by atoms with Gasteiger partial charge < -0.3 is 11.1 Å². The third-order valence-corrected chi connectivity index (χ3v) is 3.99. The average molecular weight is 246 g/mol. The lowest BCUT2D eigenvalue weighted by atomic mass is 9.97. The summed E-state index contributed by atoms with van der Waals surface area (Å²) in [6.07, 6.45) is 3.35. The summed E-state index contributed by atoms with van der Waals surface area (Å²) in [5.41, 5.74) is 8.68. The highest BCUT2D eigenvalue weighted by Crippen LogP contribution is 2.32. The van der Waals surface area contributed by atoms with Gasteiger partial charge in [0.25, 0.3) is 0 Å². The predicted octanol–water partition coefficient (Wildman–Crippen LogP) is 2.83. The molecule has 3 nitrogen and oxygen atoms in total. The van der Waals surface area contributed by atoms with Crippen LogP contribution >= 0.6 is 0 Å². The number of amides is 1. The summed E-state index contributed by atoms with van der Waals surface area (Å²) in [6.45, 7) is 4.68. The first-order valence-electron chi connectivity index (χ1n) is 6.72. The van der Waals surface area contributed by atoms with E-state index in [2.05, 4.69) is 12.2 Å². The third kappa shape index (κ3) is 2.72. The molecule has 0 bridgehead atoms. The van der Waals surface area contributed by atoms with Gasteiger partial charge in [-0.25, -0.2) is 0 Å². The van der Waals surface area contributed by atoms with Crippen molar-refractivity contribution in [3.8, 4) is 0 Å². The highest BCUT2D eigenvalue weighted by molar-refractivity contribution is 5.93. The van der Waals surface area contributed by atoms with E-state index in [-0.39, 0.29) is 11.8 Å². The number of carbonyl (C=O) groups excluding carboxylic acids is 1. The van der Waals surface area contributed by atoms with Crippen molar-refractivity contribution in [1.29, 1.82) is 0 Å². The Morgan fingerprint density at radius 2 is 2.22 bits per heavy atom. The molecule has 18 heavy (non-hydrogen) atoms. The van der Waals surface area contributed by atoms with Crippen molar-refractivity contribution in [1.82, 2.24) is 0 Å². The van der Waals surface area contributed by atoms with Crippen molar-refractivity contribution in [3.05, 3.63) is 29.3 Å². The molecule has 0 aromatic heterocycles. The molecule has 1 amide bonds. The highest BCUT2D eigenvalue weighted by Gasteiger charge is 2.29. The zero-order chi connectivity index (χ0) is 13.1. The van der Waals surface area contributed by atoms with Crippen LogP contribution in [0.1, 0.15) is 37.3 Å². The van der Waals surface area contributed by atoms with Gasteiger partial charge in [-0.1, -0.05) is 25.5 Å². The van der Waals surface area contributed by atoms with Gasteiger partial charge in [0.15, 0.2) is 0 Å². The van der Waals surface area contributed by atoms with E-state index in [4.69, 9.17) is 5.73 Å². The molecular formula is C15H22N2O. The Labute approximate surface area is 109 Å². The second-order valence-electron chi connectivity index (χ2n) is 5.36. The number of nitrogens with one attached hydrogen (secondary N) is 1. The van der Waals surface area contributed by atoms with Gasteiger partial charge >= 0.3 is 0 Å². The SMILES string of the molecule is Cc1ccc(CN)cc1NC(=O)C1CCCC1C. The fraction of sp³-hybridized carbons (Fsp3) is 0.533. The van der Waals surface area contributed by atoms with Gasteiger partial charge in [-0.2, -0.15) is 0 Å². The summed E-state index contributed by atoms with van der Waals surface area (Å²) in [5.74, 6) is 0.839. The van der Waals surface area contributed by atoms with Gasteiger partial charge in [0.2, 0.25) is 5.91 Å². The lowest BCUT2D eigenvalue weighted by molar-refractivity contribution is -0.120. The van der Waals surface area contributed by atoms with E-state index in [9.17, 15) is 4.79 Å². The Morgan fingerprint density at radius 3 is 2.83 bits per heavy atom. The van der Waals surface area contributed by atoms with Crippen LogP contribution in [0.15, 0.2) is 18.2 Å². The second-order valence-corrected chi connectivity index (χ2v) is 5.36. The van der Waals surface area contributed by atoms with Crippen LogP contribution in [0.3, 0.4) is 0 Å². The fourth-order valence-corrected chi connectivity index (χ4v) is 2.69. The lowest BCUT2D eigenvalue weighted by Crippen LogP contribution is -2.25. The van der Waals surface area contributed by atoms with Crippen LogP contribution in [-0.4, -0.2) is 5.91 Å². The quantitative estimate of drug-likeness (QED) is 0.861. The van der Waals surface area contributed by atoms with E-state index in [0.717, 1.165) is 23.2 Å². The molecule has 2 unspecified atom stereocenters. The molecule has 1 saturated carbocycles. The average Bonchev–Trinajstić information content (AvgIpc) is 2.78. The summed E-state index contributed by atoms with van der Waals surface area (Å²) in [5, 5.41) is 3.06. The van der Waals surface area contributed by atoms with E-state index >= 15 is 0 Å². The number of benzene rings is 1. The summed E-state index contributed by atoms with van der Waals surface area (Å²) < 4.78 is 0. The van der Waals surface area contributed by atoms with E-state index in [1.807, 2.05) is 25.1 Å². The normalized spacial score (nSPS) is 23.1. The van der Waals surface area contributed by atoms with Crippen LogP contribution in [0.25, 0.3) is 0 Å². The predicted molar refractivity (Wildman–Crippen MR) is 74.2 cm³/mol. The van der Waals surface area contributed by atoms with Crippen molar-refractivity contribution in [2.45, 2.75) is 39.7 Å². The Hall–Kier alpha value is -1.35. The molecule has 0 spiro atoms. The summed E-state index contributed by atoms with van der Waals surface area (Å²) in [4.78, 5) is 12.2. The highest BCUT2D eigenvalue weighted by atomic mass is 16.1. The molecule has 2 rings (SSSR count). The molecule has 1 aromatic carbocycles. The second kappa shape index (κ2) is 5.53. The van der Waals surface area contributed by atoms with Crippen molar-refractivity contribution in [3.63, 3.8) is 0 Å². The van der Waals surface area contributed by atoms with Gasteiger partial charge in [0.1, 0.15) is 0 Å². The monoisotopic (exact) mass is 246 g/mol. The first-order chi connectivity index (χ1) is 8.61. The van der Waals surface area contributed by atoms with Gasteiger partial charge in [-0.15, -0.1) is 0 Å². The molecule has 0 aliphatic heterocycles. The van der Waals surface area contributed by atoms with Gasteiger partial charge in [0.05, 0.1) is 0 Å². The van der Waals surface area contributed by atoms with Crippen molar-refractivity contribution < 1.29 is 4.79 Å². The standard InChI is InChI=1S/C15H22N2O/c1-10-4-3-5-13(10)15(18)17-14-8-12(9-16)7-6-11(14)2/h6-8,10,13H,3-5,9,16H2,1-2H3,(H,17,18). The molecule has 1 fully saturated rings. The van der Waals surface area contributed by atoms with Crippen LogP contribution in [0, 0.1) is 18.8 Å². The topological polar surface area (TPSA) is 55.1 Å². The smallest absolute Gasteiger partial charge is 0.227 e. The van der Waals surface area contributed by atoms with Gasteiger partial charge in [0, 0.05) is 18.2 Å².